The van der Waals surface area contributed by atoms with E-state index in [9.17, 15) is 4.79 Å². The molecule has 2 amide bonds. The van der Waals surface area contributed by atoms with Gasteiger partial charge < -0.3 is 20.3 Å². The third-order valence-electron chi connectivity index (χ3n) is 2.28. The summed E-state index contributed by atoms with van der Waals surface area (Å²) >= 11 is 0. The van der Waals surface area contributed by atoms with Gasteiger partial charge in [0.15, 0.2) is 5.82 Å². The van der Waals surface area contributed by atoms with E-state index in [0.717, 1.165) is 0 Å². The number of rotatable bonds is 6. The molecule has 1 atom stereocenters. The number of hydrogen-bond donors (Lipinski definition) is 3. The molecule has 1 rings (SSSR count). The van der Waals surface area contributed by atoms with Crippen molar-refractivity contribution in [2.45, 2.75) is 39.2 Å². The van der Waals surface area contributed by atoms with Crippen LogP contribution in [0.2, 0.25) is 0 Å². The predicted molar refractivity (Wildman–Crippen MR) is 65.2 cm³/mol. The first-order valence-electron chi connectivity index (χ1n) is 6.00. The number of aliphatic hydroxyl groups excluding tert-OH is 1. The summed E-state index contributed by atoms with van der Waals surface area (Å²) in [5, 5.41) is 17.8. The lowest BCUT2D eigenvalue weighted by Crippen LogP contribution is -2.42. The normalized spacial score (nSPS) is 12.5. The maximum absolute atomic E-state index is 11.3. The van der Waals surface area contributed by atoms with Gasteiger partial charge in [0, 0.05) is 18.9 Å². The Morgan fingerprint density at radius 3 is 2.72 bits per heavy atom. The van der Waals surface area contributed by atoms with Gasteiger partial charge in [-0.05, 0) is 6.92 Å². The summed E-state index contributed by atoms with van der Waals surface area (Å²) < 4.78 is 5.04. The van der Waals surface area contributed by atoms with Crippen molar-refractivity contribution >= 4 is 6.03 Å². The minimum absolute atomic E-state index is 0.0885. The van der Waals surface area contributed by atoms with E-state index in [0.29, 0.717) is 24.7 Å². The molecule has 0 spiro atoms. The van der Waals surface area contributed by atoms with E-state index < -0.39 is 0 Å². The van der Waals surface area contributed by atoms with Crippen LogP contribution in [0.5, 0.6) is 0 Å². The Kier molecular flexibility index (Phi) is 5.57. The minimum atomic E-state index is -0.319. The highest BCUT2D eigenvalue weighted by Gasteiger charge is 2.10. The molecule has 1 aromatic rings. The fourth-order valence-corrected chi connectivity index (χ4v) is 1.21. The Labute approximate surface area is 106 Å². The Hall–Kier alpha value is -1.63. The largest absolute Gasteiger partial charge is 0.394 e. The van der Waals surface area contributed by atoms with Crippen molar-refractivity contribution in [2.75, 3.05) is 13.2 Å². The number of amides is 2. The molecule has 0 aliphatic rings. The van der Waals surface area contributed by atoms with E-state index in [4.69, 9.17) is 9.63 Å². The molecular weight excluding hydrogens is 236 g/mol. The van der Waals surface area contributed by atoms with Gasteiger partial charge in [-0.3, -0.25) is 0 Å². The molecule has 0 aromatic carbocycles. The van der Waals surface area contributed by atoms with Crippen molar-refractivity contribution in [3.63, 3.8) is 0 Å². The molecule has 0 radical (unpaired) electrons. The van der Waals surface area contributed by atoms with Crippen molar-refractivity contribution in [1.82, 2.24) is 20.8 Å². The van der Waals surface area contributed by atoms with Crippen molar-refractivity contribution in [3.05, 3.63) is 11.7 Å². The maximum atomic E-state index is 11.3. The number of hydrogen-bond acceptors (Lipinski definition) is 5. The van der Waals surface area contributed by atoms with E-state index in [1.807, 2.05) is 13.8 Å². The first kappa shape index (κ1) is 14.4. The van der Waals surface area contributed by atoms with E-state index in [2.05, 4.69) is 20.8 Å². The van der Waals surface area contributed by atoms with Gasteiger partial charge in [-0.25, -0.2) is 4.79 Å². The van der Waals surface area contributed by atoms with Crippen LogP contribution in [0.4, 0.5) is 4.79 Å². The topological polar surface area (TPSA) is 100 Å². The van der Waals surface area contributed by atoms with Gasteiger partial charge in [0.25, 0.3) is 0 Å². The zero-order chi connectivity index (χ0) is 13.5. The standard InChI is InChI=1S/C11H20N4O3/c1-7(2)10-14-9(18-15-10)4-5-12-11(17)13-8(3)6-16/h7-8,16H,4-6H2,1-3H3,(H2,12,13,17)/t8-/m0/s1. The fourth-order valence-electron chi connectivity index (χ4n) is 1.21. The number of carbonyl (C=O) groups is 1. The molecule has 102 valence electrons. The first-order chi connectivity index (χ1) is 8.52. The zero-order valence-electron chi connectivity index (χ0n) is 10.9. The molecule has 3 N–H and O–H groups in total. The number of aromatic nitrogens is 2. The molecule has 18 heavy (non-hydrogen) atoms. The number of aliphatic hydroxyl groups is 1. The number of carbonyl (C=O) groups excluding carboxylic acids is 1. The summed E-state index contributed by atoms with van der Waals surface area (Å²) in [6.07, 6.45) is 0.487. The minimum Gasteiger partial charge on any atom is -0.394 e. The average Bonchev–Trinajstić information content (AvgIpc) is 2.77. The molecule has 0 unspecified atom stereocenters. The molecule has 0 aliphatic carbocycles. The number of nitrogens with one attached hydrogen (secondary N) is 2. The molecule has 7 nitrogen and oxygen atoms in total. The van der Waals surface area contributed by atoms with Crippen molar-refractivity contribution < 1.29 is 14.4 Å². The van der Waals surface area contributed by atoms with Crippen LogP contribution in [0.15, 0.2) is 4.52 Å². The Bertz CT molecular complexity index is 378. The Balaban J connectivity index is 2.26. The molecule has 0 aliphatic heterocycles. The lowest BCUT2D eigenvalue weighted by atomic mass is 10.2. The van der Waals surface area contributed by atoms with Crippen LogP contribution < -0.4 is 10.6 Å². The highest BCUT2D eigenvalue weighted by molar-refractivity contribution is 5.74. The van der Waals surface area contributed by atoms with Crippen LogP contribution in [0.25, 0.3) is 0 Å². The lowest BCUT2D eigenvalue weighted by molar-refractivity contribution is 0.220. The smallest absolute Gasteiger partial charge is 0.315 e. The summed E-state index contributed by atoms with van der Waals surface area (Å²) in [6.45, 7) is 6.00. The summed E-state index contributed by atoms with van der Waals surface area (Å²) in [6, 6.07) is -0.582. The van der Waals surface area contributed by atoms with E-state index in [-0.39, 0.29) is 24.6 Å². The molecule has 0 bridgehead atoms. The van der Waals surface area contributed by atoms with Gasteiger partial charge in [0.1, 0.15) is 0 Å². The third kappa shape index (κ3) is 4.70. The molecule has 0 fully saturated rings. The van der Waals surface area contributed by atoms with E-state index >= 15 is 0 Å². The molecule has 0 saturated heterocycles. The monoisotopic (exact) mass is 256 g/mol. The van der Waals surface area contributed by atoms with Gasteiger partial charge in [-0.15, -0.1) is 0 Å². The van der Waals surface area contributed by atoms with Crippen molar-refractivity contribution in [3.8, 4) is 0 Å². The zero-order valence-corrected chi connectivity index (χ0v) is 10.9. The lowest BCUT2D eigenvalue weighted by Gasteiger charge is -2.11. The maximum Gasteiger partial charge on any atom is 0.315 e. The highest BCUT2D eigenvalue weighted by atomic mass is 16.5. The SMILES string of the molecule is CC(C)c1noc(CCNC(=O)N[C@@H](C)CO)n1. The molecule has 7 heteroatoms. The van der Waals surface area contributed by atoms with Crippen molar-refractivity contribution in [2.24, 2.45) is 0 Å². The quantitative estimate of drug-likeness (QED) is 0.684. The summed E-state index contributed by atoms with van der Waals surface area (Å²) in [4.78, 5) is 15.5. The summed E-state index contributed by atoms with van der Waals surface area (Å²) in [5.74, 6) is 1.40. The fraction of sp³-hybridized carbons (Fsp3) is 0.727. The second-order valence-corrected chi connectivity index (χ2v) is 4.43. The van der Waals surface area contributed by atoms with Gasteiger partial charge in [0.2, 0.25) is 5.89 Å². The Morgan fingerprint density at radius 2 is 2.17 bits per heavy atom. The molecule has 0 saturated carbocycles. The van der Waals surface area contributed by atoms with E-state index in [1.54, 1.807) is 6.92 Å². The highest BCUT2D eigenvalue weighted by Crippen LogP contribution is 2.09. The molecule has 1 heterocycles. The van der Waals surface area contributed by atoms with Crippen LogP contribution >= 0.6 is 0 Å². The van der Waals surface area contributed by atoms with Crippen molar-refractivity contribution in [1.29, 1.82) is 0 Å². The summed E-state index contributed by atoms with van der Waals surface area (Å²) in [5.41, 5.74) is 0. The second kappa shape index (κ2) is 6.95. The predicted octanol–water partition coefficient (Wildman–Crippen LogP) is 0.416. The van der Waals surface area contributed by atoms with Crippen LogP contribution in [-0.2, 0) is 6.42 Å². The average molecular weight is 256 g/mol. The van der Waals surface area contributed by atoms with Crippen LogP contribution in [0.1, 0.15) is 38.4 Å². The second-order valence-electron chi connectivity index (χ2n) is 4.43. The van der Waals surface area contributed by atoms with E-state index in [1.165, 1.54) is 0 Å². The third-order valence-corrected chi connectivity index (χ3v) is 2.28. The number of urea groups is 1. The first-order valence-corrected chi connectivity index (χ1v) is 6.00. The van der Waals surface area contributed by atoms with Crippen LogP contribution in [0.3, 0.4) is 0 Å². The summed E-state index contributed by atoms with van der Waals surface area (Å²) in [7, 11) is 0. The van der Waals surface area contributed by atoms with Gasteiger partial charge >= 0.3 is 6.03 Å². The van der Waals surface area contributed by atoms with Gasteiger partial charge in [-0.1, -0.05) is 19.0 Å². The Morgan fingerprint density at radius 1 is 1.44 bits per heavy atom. The van der Waals surface area contributed by atoms with Gasteiger partial charge in [0.05, 0.1) is 12.6 Å². The molecule has 1 aromatic heterocycles. The number of nitrogens with zero attached hydrogens (tertiary/aromatic N) is 2. The van der Waals surface area contributed by atoms with Crippen LogP contribution in [-0.4, -0.2) is 40.5 Å². The van der Waals surface area contributed by atoms with Gasteiger partial charge in [-0.2, -0.15) is 4.98 Å². The van der Waals surface area contributed by atoms with Crippen LogP contribution in [0, 0.1) is 0 Å². The molecular formula is C11H20N4O3.